The summed E-state index contributed by atoms with van der Waals surface area (Å²) in [5.74, 6) is 0.265. The zero-order valence-electron chi connectivity index (χ0n) is 7.93. The number of hydrogen-bond acceptors (Lipinski definition) is 2. The number of hydrogen-bond donors (Lipinski definition) is 2. The second-order valence-corrected chi connectivity index (χ2v) is 4.89. The van der Waals surface area contributed by atoms with Gasteiger partial charge in [-0.15, -0.1) is 0 Å². The number of rotatable bonds is 4. The third kappa shape index (κ3) is 3.63. The second kappa shape index (κ2) is 5.78. The molecule has 1 rings (SSSR count). The van der Waals surface area contributed by atoms with Crippen LogP contribution in [0.5, 0.6) is 0 Å². The van der Waals surface area contributed by atoms with E-state index in [2.05, 4.69) is 27.9 Å². The van der Waals surface area contributed by atoms with Crippen LogP contribution < -0.4 is 5.32 Å². The third-order valence-electron chi connectivity index (χ3n) is 1.88. The maximum Gasteiger partial charge on any atom is 0.0477 e. The lowest BCUT2D eigenvalue weighted by Crippen LogP contribution is -2.14. The Kier molecular flexibility index (Phi) is 4.98. The number of aliphatic hydroxyl groups is 1. The summed E-state index contributed by atoms with van der Waals surface area (Å²) >= 11 is 8.07. The summed E-state index contributed by atoms with van der Waals surface area (Å²) in [5, 5.41) is 12.9. The van der Waals surface area contributed by atoms with Crippen molar-refractivity contribution in [2.75, 3.05) is 18.5 Å². The molecule has 0 radical (unpaired) electrons. The Balaban J connectivity index is 2.59. The lowest BCUT2D eigenvalue weighted by Gasteiger charge is -2.12. The standard InChI is InChI=1S/C10H13ClINO/c1-7(6-14)5-13-10-3-2-8(11)4-9(10)12/h2-4,7,13-14H,5-6H2,1H3. The van der Waals surface area contributed by atoms with Gasteiger partial charge in [-0.25, -0.2) is 0 Å². The van der Waals surface area contributed by atoms with Crippen molar-refractivity contribution >= 4 is 39.9 Å². The molecule has 1 atom stereocenters. The first-order chi connectivity index (χ1) is 6.63. The summed E-state index contributed by atoms with van der Waals surface area (Å²) in [7, 11) is 0. The molecule has 14 heavy (non-hydrogen) atoms. The first-order valence-corrected chi connectivity index (χ1v) is 5.89. The van der Waals surface area contributed by atoms with Crippen LogP contribution in [0.15, 0.2) is 18.2 Å². The van der Waals surface area contributed by atoms with Crippen molar-refractivity contribution in [3.8, 4) is 0 Å². The maximum atomic E-state index is 8.86. The van der Waals surface area contributed by atoms with Crippen LogP contribution in [-0.4, -0.2) is 18.3 Å². The van der Waals surface area contributed by atoms with Gasteiger partial charge in [-0.3, -0.25) is 0 Å². The molecule has 0 aromatic heterocycles. The van der Waals surface area contributed by atoms with E-state index in [1.165, 1.54) is 0 Å². The molecular weight excluding hydrogens is 312 g/mol. The normalized spacial score (nSPS) is 12.6. The van der Waals surface area contributed by atoms with Crippen LogP contribution in [0.25, 0.3) is 0 Å². The van der Waals surface area contributed by atoms with Crippen LogP contribution in [-0.2, 0) is 0 Å². The summed E-state index contributed by atoms with van der Waals surface area (Å²) in [6, 6.07) is 5.72. The molecule has 2 nitrogen and oxygen atoms in total. The van der Waals surface area contributed by atoms with Gasteiger partial charge in [0.2, 0.25) is 0 Å². The summed E-state index contributed by atoms with van der Waals surface area (Å²) in [4.78, 5) is 0. The zero-order valence-corrected chi connectivity index (χ0v) is 10.8. The van der Waals surface area contributed by atoms with Crippen molar-refractivity contribution in [2.45, 2.75) is 6.92 Å². The van der Waals surface area contributed by atoms with Crippen molar-refractivity contribution in [3.63, 3.8) is 0 Å². The Morgan fingerprint density at radius 2 is 2.29 bits per heavy atom. The summed E-state index contributed by atoms with van der Waals surface area (Å²) in [6.45, 7) is 2.97. The summed E-state index contributed by atoms with van der Waals surface area (Å²) in [5.41, 5.74) is 1.07. The number of halogens is 2. The van der Waals surface area contributed by atoms with E-state index in [1.807, 2.05) is 25.1 Å². The molecule has 0 spiro atoms. The van der Waals surface area contributed by atoms with Gasteiger partial charge in [-0.1, -0.05) is 18.5 Å². The lowest BCUT2D eigenvalue weighted by atomic mass is 10.2. The highest BCUT2D eigenvalue weighted by Gasteiger charge is 2.02. The first kappa shape index (κ1) is 12.1. The zero-order chi connectivity index (χ0) is 10.6. The maximum absolute atomic E-state index is 8.86. The predicted octanol–water partition coefficient (Wildman–Crippen LogP) is 2.98. The minimum Gasteiger partial charge on any atom is -0.396 e. The molecule has 0 amide bonds. The van der Waals surface area contributed by atoms with Gasteiger partial charge in [0, 0.05) is 27.4 Å². The van der Waals surface area contributed by atoms with Gasteiger partial charge >= 0.3 is 0 Å². The molecule has 2 N–H and O–H groups in total. The van der Waals surface area contributed by atoms with Crippen LogP contribution >= 0.6 is 34.2 Å². The molecule has 1 aromatic carbocycles. The fraction of sp³-hybridized carbons (Fsp3) is 0.400. The number of nitrogens with one attached hydrogen (secondary N) is 1. The average molecular weight is 326 g/mol. The molecule has 0 aliphatic rings. The van der Waals surface area contributed by atoms with E-state index in [4.69, 9.17) is 16.7 Å². The van der Waals surface area contributed by atoms with Gasteiger partial charge in [0.1, 0.15) is 0 Å². The molecule has 0 fully saturated rings. The van der Waals surface area contributed by atoms with E-state index in [1.54, 1.807) is 0 Å². The molecule has 1 unspecified atom stereocenters. The molecule has 0 saturated carbocycles. The molecule has 0 bridgehead atoms. The Labute approximate surface area is 103 Å². The van der Waals surface area contributed by atoms with Crippen LogP contribution in [0.1, 0.15) is 6.92 Å². The Hall–Kier alpha value is -0.000000000000000111. The minimum absolute atomic E-state index is 0.206. The Morgan fingerprint density at radius 3 is 2.86 bits per heavy atom. The number of anilines is 1. The van der Waals surface area contributed by atoms with Gasteiger partial charge in [-0.2, -0.15) is 0 Å². The number of benzene rings is 1. The summed E-state index contributed by atoms with van der Waals surface area (Å²) in [6.07, 6.45) is 0. The smallest absolute Gasteiger partial charge is 0.0477 e. The van der Waals surface area contributed by atoms with E-state index in [9.17, 15) is 0 Å². The van der Waals surface area contributed by atoms with Gasteiger partial charge in [0.05, 0.1) is 0 Å². The highest BCUT2D eigenvalue weighted by Crippen LogP contribution is 2.22. The van der Waals surface area contributed by atoms with E-state index < -0.39 is 0 Å². The molecule has 1 aromatic rings. The van der Waals surface area contributed by atoms with E-state index in [0.717, 1.165) is 20.8 Å². The van der Waals surface area contributed by atoms with Gasteiger partial charge in [0.15, 0.2) is 0 Å². The van der Waals surface area contributed by atoms with Crippen molar-refractivity contribution in [3.05, 3.63) is 26.8 Å². The fourth-order valence-corrected chi connectivity index (χ4v) is 2.04. The predicted molar refractivity (Wildman–Crippen MR) is 68.9 cm³/mol. The minimum atomic E-state index is 0.206. The van der Waals surface area contributed by atoms with Crippen molar-refractivity contribution in [1.29, 1.82) is 0 Å². The van der Waals surface area contributed by atoms with Crippen molar-refractivity contribution < 1.29 is 5.11 Å². The quantitative estimate of drug-likeness (QED) is 0.834. The fourth-order valence-electron chi connectivity index (χ4n) is 0.982. The molecule has 0 heterocycles. The van der Waals surface area contributed by atoms with Crippen LogP contribution in [0.2, 0.25) is 5.02 Å². The van der Waals surface area contributed by atoms with Crippen molar-refractivity contribution in [2.24, 2.45) is 5.92 Å². The van der Waals surface area contributed by atoms with E-state index in [0.29, 0.717) is 0 Å². The Morgan fingerprint density at radius 1 is 1.57 bits per heavy atom. The molecule has 4 heteroatoms. The second-order valence-electron chi connectivity index (χ2n) is 3.29. The third-order valence-corrected chi connectivity index (χ3v) is 3.01. The van der Waals surface area contributed by atoms with Gasteiger partial charge in [-0.05, 0) is 46.7 Å². The molecular formula is C10H13ClINO. The topological polar surface area (TPSA) is 32.3 Å². The highest BCUT2D eigenvalue weighted by molar-refractivity contribution is 14.1. The monoisotopic (exact) mass is 325 g/mol. The molecule has 0 aliphatic carbocycles. The SMILES string of the molecule is CC(CO)CNc1ccc(Cl)cc1I. The van der Waals surface area contributed by atoms with Crippen LogP contribution in [0, 0.1) is 9.49 Å². The van der Waals surface area contributed by atoms with Crippen LogP contribution in [0.4, 0.5) is 5.69 Å². The van der Waals surface area contributed by atoms with E-state index >= 15 is 0 Å². The highest BCUT2D eigenvalue weighted by atomic mass is 127. The van der Waals surface area contributed by atoms with E-state index in [-0.39, 0.29) is 12.5 Å². The van der Waals surface area contributed by atoms with Crippen molar-refractivity contribution in [1.82, 2.24) is 0 Å². The molecule has 78 valence electrons. The first-order valence-electron chi connectivity index (χ1n) is 4.43. The lowest BCUT2D eigenvalue weighted by molar-refractivity contribution is 0.244. The Bertz CT molecular complexity index is 306. The van der Waals surface area contributed by atoms with Crippen LogP contribution in [0.3, 0.4) is 0 Å². The largest absolute Gasteiger partial charge is 0.396 e. The molecule has 0 aliphatic heterocycles. The average Bonchev–Trinajstić information content (AvgIpc) is 2.16. The summed E-state index contributed by atoms with van der Waals surface area (Å²) < 4.78 is 1.10. The van der Waals surface area contributed by atoms with Gasteiger partial charge in [0.25, 0.3) is 0 Å². The van der Waals surface area contributed by atoms with Gasteiger partial charge < -0.3 is 10.4 Å². The molecule has 0 saturated heterocycles. The number of aliphatic hydroxyl groups excluding tert-OH is 1.